The topological polar surface area (TPSA) is 44.7 Å². The van der Waals surface area contributed by atoms with Crippen LogP contribution in [0.3, 0.4) is 0 Å². The summed E-state index contributed by atoms with van der Waals surface area (Å²) in [5, 5.41) is 13.7. The zero-order valence-corrected chi connectivity index (χ0v) is 19.9. The second-order valence-corrected chi connectivity index (χ2v) is 8.97. The molecule has 3 aromatic carbocycles. The van der Waals surface area contributed by atoms with E-state index in [9.17, 15) is 5.11 Å². The Balaban J connectivity index is 1.80. The highest BCUT2D eigenvalue weighted by atomic mass is 16.5. The molecule has 1 saturated heterocycles. The molecule has 1 fully saturated rings. The van der Waals surface area contributed by atoms with E-state index in [-0.39, 0.29) is 24.6 Å². The lowest BCUT2D eigenvalue weighted by molar-refractivity contribution is 0.251. The van der Waals surface area contributed by atoms with E-state index in [0.29, 0.717) is 5.92 Å². The first-order chi connectivity index (χ1) is 16.2. The quantitative estimate of drug-likeness (QED) is 0.495. The van der Waals surface area contributed by atoms with Crippen molar-refractivity contribution < 1.29 is 9.84 Å². The average molecular weight is 445 g/mol. The van der Waals surface area contributed by atoms with Crippen LogP contribution in [-0.4, -0.2) is 44.5 Å². The van der Waals surface area contributed by atoms with Gasteiger partial charge in [-0.15, -0.1) is 0 Å². The van der Waals surface area contributed by atoms with Gasteiger partial charge in [-0.2, -0.15) is 0 Å². The molecule has 0 radical (unpaired) electrons. The lowest BCUT2D eigenvalue weighted by atomic mass is 9.79. The van der Waals surface area contributed by atoms with Gasteiger partial charge in [0.25, 0.3) is 0 Å². The number of aliphatic hydroxyl groups excluding tert-OH is 1. The lowest BCUT2D eigenvalue weighted by Crippen LogP contribution is -2.48. The Morgan fingerprint density at radius 1 is 1.00 bits per heavy atom. The fourth-order valence-corrected chi connectivity index (χ4v) is 5.45. The first-order valence-electron chi connectivity index (χ1n) is 12.0. The van der Waals surface area contributed by atoms with Crippen molar-refractivity contribution in [3.8, 4) is 5.75 Å². The average Bonchev–Trinajstić information content (AvgIpc) is 3.28. The molecule has 0 aliphatic carbocycles. The number of methoxy groups -OCH3 is 1. The summed E-state index contributed by atoms with van der Waals surface area (Å²) < 4.78 is 5.77. The van der Waals surface area contributed by atoms with Crippen LogP contribution in [-0.2, 0) is 6.42 Å². The summed E-state index contributed by atoms with van der Waals surface area (Å²) in [6, 6.07) is 28.4. The minimum absolute atomic E-state index is 0.186. The molecular weight excluding hydrogens is 408 g/mol. The summed E-state index contributed by atoms with van der Waals surface area (Å²) in [6.07, 6.45) is 1.75. The van der Waals surface area contributed by atoms with Gasteiger partial charge >= 0.3 is 0 Å². The molecule has 4 rings (SSSR count). The number of anilines is 1. The zero-order valence-electron chi connectivity index (χ0n) is 19.9. The molecule has 0 aromatic heterocycles. The Bertz CT molecular complexity index is 969. The van der Waals surface area contributed by atoms with Crippen molar-refractivity contribution >= 4 is 5.69 Å². The standard InChI is InChI=1S/C29H36N2O2/c1-4-21-15-16-26(33-3)25(19-21)31(2)29-24(17-18-32)20-30-28(29)27(22-11-7-5-8-12-22)23-13-9-6-10-14-23/h5-16,19,24,27-30,32H,4,17-18,20H2,1-3H3. The number of benzene rings is 3. The van der Waals surface area contributed by atoms with Crippen LogP contribution in [0.15, 0.2) is 78.9 Å². The second kappa shape index (κ2) is 10.9. The first-order valence-corrected chi connectivity index (χ1v) is 12.0. The van der Waals surface area contributed by atoms with E-state index >= 15 is 0 Å². The van der Waals surface area contributed by atoms with Gasteiger partial charge in [0, 0.05) is 38.2 Å². The molecule has 3 atom stereocenters. The van der Waals surface area contributed by atoms with Crippen molar-refractivity contribution in [2.24, 2.45) is 5.92 Å². The number of rotatable bonds is 9. The molecule has 0 saturated carbocycles. The Hall–Kier alpha value is -2.82. The normalized spacial score (nSPS) is 20.2. The third kappa shape index (κ3) is 4.92. The van der Waals surface area contributed by atoms with E-state index in [0.717, 1.165) is 30.8 Å². The van der Waals surface area contributed by atoms with Crippen LogP contribution >= 0.6 is 0 Å². The van der Waals surface area contributed by atoms with E-state index in [1.165, 1.54) is 16.7 Å². The number of aliphatic hydroxyl groups is 1. The molecule has 1 aliphatic heterocycles. The minimum Gasteiger partial charge on any atom is -0.495 e. The number of ether oxygens (including phenoxy) is 1. The number of hydrogen-bond donors (Lipinski definition) is 2. The van der Waals surface area contributed by atoms with E-state index in [4.69, 9.17) is 4.74 Å². The number of hydrogen-bond acceptors (Lipinski definition) is 4. The summed E-state index contributed by atoms with van der Waals surface area (Å²) in [6.45, 7) is 3.25. The molecule has 3 aromatic rings. The van der Waals surface area contributed by atoms with Crippen molar-refractivity contribution in [3.63, 3.8) is 0 Å². The van der Waals surface area contributed by atoms with Gasteiger partial charge in [-0.05, 0) is 47.6 Å². The molecule has 1 heterocycles. The van der Waals surface area contributed by atoms with Crippen molar-refractivity contribution in [2.45, 2.75) is 37.8 Å². The molecule has 0 bridgehead atoms. The Kier molecular flexibility index (Phi) is 7.69. The monoisotopic (exact) mass is 444 g/mol. The van der Waals surface area contributed by atoms with E-state index in [1.807, 2.05) is 0 Å². The summed E-state index contributed by atoms with van der Waals surface area (Å²) >= 11 is 0. The van der Waals surface area contributed by atoms with Crippen LogP contribution in [0.4, 0.5) is 5.69 Å². The van der Waals surface area contributed by atoms with Crippen LogP contribution < -0.4 is 15.0 Å². The van der Waals surface area contributed by atoms with Gasteiger partial charge in [0.1, 0.15) is 5.75 Å². The fourth-order valence-electron chi connectivity index (χ4n) is 5.45. The second-order valence-electron chi connectivity index (χ2n) is 8.97. The van der Waals surface area contributed by atoms with Crippen LogP contribution in [0, 0.1) is 5.92 Å². The molecule has 4 heteroatoms. The summed E-state index contributed by atoms with van der Waals surface area (Å²) in [4.78, 5) is 2.39. The maximum atomic E-state index is 9.87. The SMILES string of the molecule is CCc1ccc(OC)c(N(C)C2C(CCO)CNC2C(c2ccccc2)c2ccccc2)c1. The predicted octanol–water partition coefficient (Wildman–Crippen LogP) is 4.86. The Morgan fingerprint density at radius 3 is 2.18 bits per heavy atom. The van der Waals surface area contributed by atoms with Crippen molar-refractivity contribution in [3.05, 3.63) is 95.6 Å². The highest BCUT2D eigenvalue weighted by Crippen LogP contribution is 2.40. The van der Waals surface area contributed by atoms with Gasteiger partial charge in [-0.1, -0.05) is 73.7 Å². The van der Waals surface area contributed by atoms with E-state index < -0.39 is 0 Å². The van der Waals surface area contributed by atoms with Gasteiger partial charge < -0.3 is 20.1 Å². The van der Waals surface area contributed by atoms with Gasteiger partial charge in [-0.25, -0.2) is 0 Å². The van der Waals surface area contributed by atoms with Crippen LogP contribution in [0.25, 0.3) is 0 Å². The minimum atomic E-state index is 0.186. The zero-order chi connectivity index (χ0) is 23.2. The molecule has 2 N–H and O–H groups in total. The molecule has 33 heavy (non-hydrogen) atoms. The van der Waals surface area contributed by atoms with E-state index in [1.54, 1.807) is 7.11 Å². The number of nitrogens with zero attached hydrogens (tertiary/aromatic N) is 1. The molecule has 3 unspecified atom stereocenters. The van der Waals surface area contributed by atoms with Crippen LogP contribution in [0.1, 0.15) is 36.0 Å². The largest absolute Gasteiger partial charge is 0.495 e. The van der Waals surface area contributed by atoms with Gasteiger partial charge in [0.05, 0.1) is 12.8 Å². The van der Waals surface area contributed by atoms with Gasteiger partial charge in [0.15, 0.2) is 0 Å². The third-order valence-electron chi connectivity index (χ3n) is 7.12. The van der Waals surface area contributed by atoms with Crippen molar-refractivity contribution in [2.75, 3.05) is 32.2 Å². The third-order valence-corrected chi connectivity index (χ3v) is 7.12. The number of nitrogens with one attached hydrogen (secondary N) is 1. The first kappa shape index (κ1) is 23.3. The maximum absolute atomic E-state index is 9.87. The molecule has 174 valence electrons. The highest BCUT2D eigenvalue weighted by molar-refractivity contribution is 5.61. The van der Waals surface area contributed by atoms with E-state index in [2.05, 4.69) is 103 Å². The molecular formula is C29H36N2O2. The van der Waals surface area contributed by atoms with Crippen molar-refractivity contribution in [1.82, 2.24) is 5.32 Å². The van der Waals surface area contributed by atoms with Crippen LogP contribution in [0.2, 0.25) is 0 Å². The number of likely N-dealkylation sites (N-methyl/N-ethyl adjacent to an activating group) is 1. The molecule has 0 spiro atoms. The maximum Gasteiger partial charge on any atom is 0.142 e. The summed E-state index contributed by atoms with van der Waals surface area (Å²) in [5.41, 5.74) is 5.01. The number of aryl methyl sites for hydroxylation is 1. The molecule has 1 aliphatic rings. The Morgan fingerprint density at radius 2 is 1.64 bits per heavy atom. The predicted molar refractivity (Wildman–Crippen MR) is 136 cm³/mol. The summed E-state index contributed by atoms with van der Waals surface area (Å²) in [5.74, 6) is 1.41. The molecule has 4 nitrogen and oxygen atoms in total. The molecule has 0 amide bonds. The summed E-state index contributed by atoms with van der Waals surface area (Å²) in [7, 11) is 3.92. The Labute approximate surface area is 198 Å². The van der Waals surface area contributed by atoms with Gasteiger partial charge in [0.2, 0.25) is 0 Å². The van der Waals surface area contributed by atoms with Gasteiger partial charge in [-0.3, -0.25) is 0 Å². The fraction of sp³-hybridized carbons (Fsp3) is 0.379. The highest BCUT2D eigenvalue weighted by Gasteiger charge is 2.43. The lowest BCUT2D eigenvalue weighted by Gasteiger charge is -2.39. The van der Waals surface area contributed by atoms with Crippen LogP contribution in [0.5, 0.6) is 5.75 Å². The van der Waals surface area contributed by atoms with Crippen molar-refractivity contribution in [1.29, 1.82) is 0 Å². The smallest absolute Gasteiger partial charge is 0.142 e.